The van der Waals surface area contributed by atoms with Crippen LogP contribution in [-0.2, 0) is 0 Å². The van der Waals surface area contributed by atoms with Gasteiger partial charge in [0, 0.05) is 12.1 Å². The Morgan fingerprint density at radius 3 is 2.67 bits per heavy atom. The van der Waals surface area contributed by atoms with E-state index in [1.807, 2.05) is 6.92 Å². The van der Waals surface area contributed by atoms with Crippen LogP contribution in [0.25, 0.3) is 0 Å². The molecule has 1 fully saturated rings. The number of benzene rings is 1. The Bertz CT molecular complexity index is 473. The molecule has 1 atom stereocenters. The fraction of sp³-hybridized carbons (Fsp3) is 0.600. The predicted octanol–water partition coefficient (Wildman–Crippen LogP) is 2.90. The number of nitro benzene ring substituents is 1. The highest BCUT2D eigenvalue weighted by molar-refractivity contribution is 5.46. The van der Waals surface area contributed by atoms with E-state index in [9.17, 15) is 10.1 Å². The average molecular weight is 294 g/mol. The lowest BCUT2D eigenvalue weighted by atomic mass is 10.0. The second kappa shape index (κ2) is 7.83. The predicted molar refractivity (Wildman–Crippen MR) is 80.0 cm³/mol. The van der Waals surface area contributed by atoms with Gasteiger partial charge >= 0.3 is 0 Å². The second-order valence-corrected chi connectivity index (χ2v) is 5.14. The molecule has 0 amide bonds. The number of nitro groups is 1. The van der Waals surface area contributed by atoms with Crippen LogP contribution in [0.2, 0.25) is 0 Å². The maximum absolute atomic E-state index is 10.9. The van der Waals surface area contributed by atoms with Crippen molar-refractivity contribution in [3.05, 3.63) is 28.3 Å². The van der Waals surface area contributed by atoms with Gasteiger partial charge in [-0.25, -0.2) is 0 Å². The molecule has 1 aliphatic rings. The van der Waals surface area contributed by atoms with E-state index in [2.05, 4.69) is 5.32 Å². The van der Waals surface area contributed by atoms with Crippen molar-refractivity contribution in [2.24, 2.45) is 0 Å². The Balaban J connectivity index is 1.92. The van der Waals surface area contributed by atoms with E-state index in [1.165, 1.54) is 31.4 Å². The van der Waals surface area contributed by atoms with Crippen LogP contribution in [0.5, 0.6) is 11.5 Å². The summed E-state index contributed by atoms with van der Waals surface area (Å²) in [6.07, 6.45) is 4.57. The number of rotatable bonds is 7. The van der Waals surface area contributed by atoms with Gasteiger partial charge in [0.1, 0.15) is 11.5 Å². The lowest BCUT2D eigenvalue weighted by molar-refractivity contribution is -0.385. The lowest BCUT2D eigenvalue weighted by Gasteiger charge is -2.23. The number of hydrogen-bond donors (Lipinski definition) is 1. The molecule has 0 spiro atoms. The van der Waals surface area contributed by atoms with E-state index >= 15 is 0 Å². The summed E-state index contributed by atoms with van der Waals surface area (Å²) in [7, 11) is 0. The third-order valence-corrected chi connectivity index (χ3v) is 3.53. The van der Waals surface area contributed by atoms with E-state index in [0.717, 1.165) is 13.0 Å². The van der Waals surface area contributed by atoms with Gasteiger partial charge < -0.3 is 14.8 Å². The molecule has 0 bridgehead atoms. The maximum atomic E-state index is 10.9. The molecule has 0 aromatic heterocycles. The molecule has 1 unspecified atom stereocenters. The zero-order chi connectivity index (χ0) is 15.1. The molecule has 116 valence electrons. The highest BCUT2D eigenvalue weighted by atomic mass is 16.6. The third-order valence-electron chi connectivity index (χ3n) is 3.53. The van der Waals surface area contributed by atoms with Crippen LogP contribution in [0.3, 0.4) is 0 Å². The number of non-ortho nitro benzene ring substituents is 1. The van der Waals surface area contributed by atoms with Gasteiger partial charge in [-0.05, 0) is 32.7 Å². The Morgan fingerprint density at radius 1 is 1.29 bits per heavy atom. The van der Waals surface area contributed by atoms with Crippen LogP contribution in [0.15, 0.2) is 18.2 Å². The van der Waals surface area contributed by atoms with Crippen molar-refractivity contribution in [1.29, 1.82) is 0 Å². The Morgan fingerprint density at radius 2 is 2.05 bits per heavy atom. The first-order chi connectivity index (χ1) is 10.2. The van der Waals surface area contributed by atoms with Crippen LogP contribution in [0.4, 0.5) is 5.69 Å². The average Bonchev–Trinajstić information content (AvgIpc) is 2.48. The summed E-state index contributed by atoms with van der Waals surface area (Å²) in [5, 5.41) is 14.4. The van der Waals surface area contributed by atoms with Crippen molar-refractivity contribution in [2.75, 3.05) is 19.8 Å². The van der Waals surface area contributed by atoms with Gasteiger partial charge in [0.2, 0.25) is 0 Å². The fourth-order valence-corrected chi connectivity index (χ4v) is 2.48. The Hall–Kier alpha value is -1.82. The lowest BCUT2D eigenvalue weighted by Crippen LogP contribution is -2.35. The monoisotopic (exact) mass is 294 g/mol. The molecule has 1 aliphatic heterocycles. The SMILES string of the molecule is CCOc1cc(OCCC2CCCCN2)cc([N+](=O)[O-])c1. The van der Waals surface area contributed by atoms with E-state index in [1.54, 1.807) is 6.07 Å². The van der Waals surface area contributed by atoms with Crippen molar-refractivity contribution < 1.29 is 14.4 Å². The van der Waals surface area contributed by atoms with Crippen LogP contribution in [0, 0.1) is 10.1 Å². The zero-order valence-electron chi connectivity index (χ0n) is 12.3. The molecular weight excluding hydrogens is 272 g/mol. The summed E-state index contributed by atoms with van der Waals surface area (Å²) in [5.41, 5.74) is -0.00765. The van der Waals surface area contributed by atoms with Gasteiger partial charge in [-0.1, -0.05) is 6.42 Å². The van der Waals surface area contributed by atoms with Crippen molar-refractivity contribution >= 4 is 5.69 Å². The van der Waals surface area contributed by atoms with Crippen molar-refractivity contribution in [3.8, 4) is 11.5 Å². The quantitative estimate of drug-likeness (QED) is 0.618. The number of piperidine rings is 1. The number of hydrogen-bond acceptors (Lipinski definition) is 5. The van der Waals surface area contributed by atoms with Crippen molar-refractivity contribution in [1.82, 2.24) is 5.32 Å². The molecule has 1 N–H and O–H groups in total. The van der Waals surface area contributed by atoms with E-state index in [-0.39, 0.29) is 5.69 Å². The van der Waals surface area contributed by atoms with Crippen molar-refractivity contribution in [2.45, 2.75) is 38.6 Å². The first-order valence-corrected chi connectivity index (χ1v) is 7.47. The zero-order valence-corrected chi connectivity index (χ0v) is 12.3. The first-order valence-electron chi connectivity index (χ1n) is 7.47. The van der Waals surface area contributed by atoms with Crippen LogP contribution < -0.4 is 14.8 Å². The fourth-order valence-electron chi connectivity index (χ4n) is 2.48. The van der Waals surface area contributed by atoms with Gasteiger partial charge in [0.05, 0.1) is 30.3 Å². The number of nitrogens with zero attached hydrogens (tertiary/aromatic N) is 1. The van der Waals surface area contributed by atoms with Gasteiger partial charge in [0.25, 0.3) is 5.69 Å². The summed E-state index contributed by atoms with van der Waals surface area (Å²) in [6, 6.07) is 5.05. The second-order valence-electron chi connectivity index (χ2n) is 5.14. The Labute approximate surface area is 124 Å². The van der Waals surface area contributed by atoms with E-state index in [4.69, 9.17) is 9.47 Å². The molecular formula is C15H22N2O4. The number of ether oxygens (including phenoxy) is 2. The van der Waals surface area contributed by atoms with Gasteiger partial charge in [-0.2, -0.15) is 0 Å². The largest absolute Gasteiger partial charge is 0.493 e. The summed E-state index contributed by atoms with van der Waals surface area (Å²) in [5.74, 6) is 0.959. The molecule has 2 rings (SSSR count). The summed E-state index contributed by atoms with van der Waals surface area (Å²) in [6.45, 7) is 3.92. The molecule has 1 aromatic rings. The summed E-state index contributed by atoms with van der Waals surface area (Å²) >= 11 is 0. The highest BCUT2D eigenvalue weighted by Crippen LogP contribution is 2.28. The normalized spacial score (nSPS) is 18.2. The topological polar surface area (TPSA) is 73.6 Å². The van der Waals surface area contributed by atoms with Gasteiger partial charge in [0.15, 0.2) is 0 Å². The summed E-state index contributed by atoms with van der Waals surface area (Å²) in [4.78, 5) is 10.5. The minimum Gasteiger partial charge on any atom is -0.493 e. The van der Waals surface area contributed by atoms with Crippen LogP contribution >= 0.6 is 0 Å². The number of nitrogens with one attached hydrogen (secondary N) is 1. The van der Waals surface area contributed by atoms with Crippen LogP contribution in [0.1, 0.15) is 32.6 Å². The molecule has 21 heavy (non-hydrogen) atoms. The van der Waals surface area contributed by atoms with Gasteiger partial charge in [-0.3, -0.25) is 10.1 Å². The van der Waals surface area contributed by atoms with E-state index in [0.29, 0.717) is 30.8 Å². The highest BCUT2D eigenvalue weighted by Gasteiger charge is 2.14. The van der Waals surface area contributed by atoms with Gasteiger partial charge in [-0.15, -0.1) is 0 Å². The first kappa shape index (κ1) is 15.6. The molecule has 0 radical (unpaired) electrons. The smallest absolute Gasteiger partial charge is 0.276 e. The molecule has 0 aliphatic carbocycles. The molecule has 1 saturated heterocycles. The summed E-state index contributed by atoms with van der Waals surface area (Å²) < 4.78 is 11.0. The molecule has 6 nitrogen and oxygen atoms in total. The standard InChI is InChI=1S/C15H22N2O4/c1-2-20-14-9-13(17(18)19)10-15(11-14)21-8-6-12-5-3-4-7-16-12/h9-12,16H,2-8H2,1H3. The van der Waals surface area contributed by atoms with Crippen molar-refractivity contribution in [3.63, 3.8) is 0 Å². The molecule has 6 heteroatoms. The Kier molecular flexibility index (Phi) is 5.80. The minimum absolute atomic E-state index is 0.00765. The maximum Gasteiger partial charge on any atom is 0.276 e. The third kappa shape index (κ3) is 4.90. The van der Waals surface area contributed by atoms with E-state index < -0.39 is 4.92 Å². The van der Waals surface area contributed by atoms with Crippen LogP contribution in [-0.4, -0.2) is 30.7 Å². The minimum atomic E-state index is -0.432. The molecule has 1 heterocycles. The molecule has 1 aromatic carbocycles. The molecule has 0 saturated carbocycles.